The monoisotopic (exact) mass is 382 g/mol. The molecule has 3 aromatic carbocycles. The number of halogens is 2. The lowest BCUT2D eigenvalue weighted by atomic mass is 10.1. The standard InChI is InChI=1S/C21H16Cl2N2O/c1-15(24-19-11-7-17(22)8-12-19)25(20-13-9-18(23)10-14-20)21(26)16-5-3-2-4-6-16/h2-14H,1H3. The van der Waals surface area contributed by atoms with Crippen molar-refractivity contribution in [1.29, 1.82) is 0 Å². The van der Waals surface area contributed by atoms with Crippen molar-refractivity contribution >= 4 is 46.3 Å². The Bertz CT molecular complexity index is 920. The highest BCUT2D eigenvalue weighted by Gasteiger charge is 2.20. The molecular formula is C21H16Cl2N2O. The molecule has 0 aromatic heterocycles. The number of anilines is 1. The van der Waals surface area contributed by atoms with Crippen LogP contribution in [0.15, 0.2) is 83.9 Å². The molecule has 0 aliphatic heterocycles. The number of hydrogen-bond donors (Lipinski definition) is 0. The van der Waals surface area contributed by atoms with Gasteiger partial charge in [0.05, 0.1) is 11.4 Å². The lowest BCUT2D eigenvalue weighted by Gasteiger charge is -2.22. The topological polar surface area (TPSA) is 32.7 Å². The Labute approximate surface area is 162 Å². The van der Waals surface area contributed by atoms with Gasteiger partial charge in [-0.2, -0.15) is 0 Å². The molecule has 130 valence electrons. The Kier molecular flexibility index (Phi) is 5.71. The molecule has 0 aliphatic carbocycles. The maximum absolute atomic E-state index is 13.1. The van der Waals surface area contributed by atoms with Crippen molar-refractivity contribution in [2.75, 3.05) is 4.90 Å². The molecular weight excluding hydrogens is 367 g/mol. The quantitative estimate of drug-likeness (QED) is 0.381. The largest absolute Gasteiger partial charge is 0.268 e. The summed E-state index contributed by atoms with van der Waals surface area (Å²) in [4.78, 5) is 19.3. The molecule has 0 radical (unpaired) electrons. The smallest absolute Gasteiger partial charge is 0.263 e. The van der Waals surface area contributed by atoms with Crippen LogP contribution in [-0.4, -0.2) is 11.7 Å². The second-order valence-electron chi connectivity index (χ2n) is 5.62. The summed E-state index contributed by atoms with van der Waals surface area (Å²) >= 11 is 11.9. The zero-order valence-corrected chi connectivity index (χ0v) is 15.6. The van der Waals surface area contributed by atoms with E-state index < -0.39 is 0 Å². The molecule has 0 heterocycles. The molecule has 0 N–H and O–H groups in total. The van der Waals surface area contributed by atoms with E-state index in [4.69, 9.17) is 23.2 Å². The Morgan fingerprint density at radius 3 is 1.92 bits per heavy atom. The molecule has 0 aliphatic rings. The predicted molar refractivity (Wildman–Crippen MR) is 109 cm³/mol. The molecule has 0 saturated carbocycles. The lowest BCUT2D eigenvalue weighted by molar-refractivity contribution is 0.100. The number of carbonyl (C=O) groups is 1. The fraction of sp³-hybridized carbons (Fsp3) is 0.0476. The van der Waals surface area contributed by atoms with Crippen LogP contribution < -0.4 is 4.90 Å². The second kappa shape index (κ2) is 8.17. The molecule has 3 nitrogen and oxygen atoms in total. The minimum atomic E-state index is -0.164. The summed E-state index contributed by atoms with van der Waals surface area (Å²) in [5.41, 5.74) is 1.98. The Hall–Kier alpha value is -2.62. The average Bonchev–Trinajstić information content (AvgIpc) is 2.66. The number of carbonyl (C=O) groups excluding carboxylic acids is 1. The number of amidine groups is 1. The zero-order chi connectivity index (χ0) is 18.5. The first-order chi connectivity index (χ1) is 12.5. The fourth-order valence-electron chi connectivity index (χ4n) is 2.50. The van der Waals surface area contributed by atoms with Gasteiger partial charge in [-0.1, -0.05) is 41.4 Å². The van der Waals surface area contributed by atoms with Crippen molar-refractivity contribution < 1.29 is 4.79 Å². The van der Waals surface area contributed by atoms with Gasteiger partial charge >= 0.3 is 0 Å². The van der Waals surface area contributed by atoms with Crippen LogP contribution in [0.5, 0.6) is 0 Å². The number of amides is 1. The van der Waals surface area contributed by atoms with Crippen LogP contribution in [0, 0.1) is 0 Å². The number of nitrogens with zero attached hydrogens (tertiary/aromatic N) is 2. The summed E-state index contributed by atoms with van der Waals surface area (Å²) in [5.74, 6) is 0.381. The summed E-state index contributed by atoms with van der Waals surface area (Å²) in [5, 5.41) is 1.24. The van der Waals surface area contributed by atoms with Crippen molar-refractivity contribution in [2.45, 2.75) is 6.92 Å². The average molecular weight is 383 g/mol. The van der Waals surface area contributed by atoms with Gasteiger partial charge in [0.2, 0.25) is 0 Å². The van der Waals surface area contributed by atoms with Gasteiger partial charge in [0.1, 0.15) is 5.84 Å². The summed E-state index contributed by atoms with van der Waals surface area (Å²) in [6.45, 7) is 1.80. The van der Waals surface area contributed by atoms with Crippen LogP contribution in [0.2, 0.25) is 10.0 Å². The highest BCUT2D eigenvalue weighted by atomic mass is 35.5. The lowest BCUT2D eigenvalue weighted by Crippen LogP contribution is -2.35. The van der Waals surface area contributed by atoms with Gasteiger partial charge in [-0.25, -0.2) is 4.99 Å². The first kappa shape index (κ1) is 18.2. The van der Waals surface area contributed by atoms with Gasteiger partial charge in [-0.05, 0) is 67.6 Å². The summed E-state index contributed by atoms with van der Waals surface area (Å²) in [6.07, 6.45) is 0. The van der Waals surface area contributed by atoms with Crippen LogP contribution in [0.25, 0.3) is 0 Å². The zero-order valence-electron chi connectivity index (χ0n) is 14.1. The molecule has 0 saturated heterocycles. The third-order valence-electron chi connectivity index (χ3n) is 3.75. The van der Waals surface area contributed by atoms with Crippen LogP contribution >= 0.6 is 23.2 Å². The van der Waals surface area contributed by atoms with E-state index in [2.05, 4.69) is 4.99 Å². The van der Waals surface area contributed by atoms with E-state index in [0.29, 0.717) is 32.8 Å². The van der Waals surface area contributed by atoms with Crippen molar-refractivity contribution in [3.8, 4) is 0 Å². The third kappa shape index (κ3) is 4.31. The number of aliphatic imine (C=N–C) groups is 1. The second-order valence-corrected chi connectivity index (χ2v) is 6.49. The van der Waals surface area contributed by atoms with Gasteiger partial charge in [-0.3, -0.25) is 9.69 Å². The molecule has 0 unspecified atom stereocenters. The third-order valence-corrected chi connectivity index (χ3v) is 4.25. The molecule has 5 heteroatoms. The van der Waals surface area contributed by atoms with E-state index in [1.165, 1.54) is 0 Å². The van der Waals surface area contributed by atoms with E-state index in [0.717, 1.165) is 0 Å². The highest BCUT2D eigenvalue weighted by Crippen LogP contribution is 2.23. The molecule has 0 atom stereocenters. The molecule has 26 heavy (non-hydrogen) atoms. The number of hydrogen-bond acceptors (Lipinski definition) is 2. The number of benzene rings is 3. The van der Waals surface area contributed by atoms with E-state index >= 15 is 0 Å². The van der Waals surface area contributed by atoms with Crippen LogP contribution in [-0.2, 0) is 0 Å². The van der Waals surface area contributed by atoms with Crippen LogP contribution in [0.1, 0.15) is 17.3 Å². The molecule has 0 spiro atoms. The van der Waals surface area contributed by atoms with E-state index in [9.17, 15) is 4.79 Å². The van der Waals surface area contributed by atoms with Crippen LogP contribution in [0.4, 0.5) is 11.4 Å². The first-order valence-electron chi connectivity index (χ1n) is 8.00. The summed E-state index contributed by atoms with van der Waals surface area (Å²) in [6, 6.07) is 23.3. The molecule has 3 rings (SSSR count). The molecule has 1 amide bonds. The maximum atomic E-state index is 13.1. The van der Waals surface area contributed by atoms with Gasteiger partial charge in [0.25, 0.3) is 5.91 Å². The normalized spacial score (nSPS) is 11.3. The Morgan fingerprint density at radius 2 is 1.35 bits per heavy atom. The maximum Gasteiger partial charge on any atom is 0.263 e. The van der Waals surface area contributed by atoms with Crippen molar-refractivity contribution in [3.05, 3.63) is 94.5 Å². The Morgan fingerprint density at radius 1 is 0.808 bits per heavy atom. The SMILES string of the molecule is CC(=Nc1ccc(Cl)cc1)N(C(=O)c1ccccc1)c1ccc(Cl)cc1. The van der Waals surface area contributed by atoms with Gasteiger partial charge in [-0.15, -0.1) is 0 Å². The predicted octanol–water partition coefficient (Wildman–Crippen LogP) is 6.39. The van der Waals surface area contributed by atoms with Gasteiger partial charge in [0.15, 0.2) is 0 Å². The summed E-state index contributed by atoms with van der Waals surface area (Å²) < 4.78 is 0. The van der Waals surface area contributed by atoms with E-state index in [1.807, 2.05) is 18.2 Å². The highest BCUT2D eigenvalue weighted by molar-refractivity contribution is 6.31. The molecule has 0 bridgehead atoms. The first-order valence-corrected chi connectivity index (χ1v) is 8.76. The fourth-order valence-corrected chi connectivity index (χ4v) is 2.76. The van der Waals surface area contributed by atoms with Crippen molar-refractivity contribution in [2.24, 2.45) is 4.99 Å². The molecule has 3 aromatic rings. The van der Waals surface area contributed by atoms with Gasteiger partial charge in [0, 0.05) is 15.6 Å². The van der Waals surface area contributed by atoms with Crippen molar-refractivity contribution in [1.82, 2.24) is 0 Å². The number of rotatable bonds is 3. The summed E-state index contributed by atoms with van der Waals surface area (Å²) in [7, 11) is 0. The van der Waals surface area contributed by atoms with E-state index in [1.54, 1.807) is 72.5 Å². The minimum absolute atomic E-state index is 0.164. The van der Waals surface area contributed by atoms with Gasteiger partial charge < -0.3 is 0 Å². The van der Waals surface area contributed by atoms with Crippen molar-refractivity contribution in [3.63, 3.8) is 0 Å². The van der Waals surface area contributed by atoms with E-state index in [-0.39, 0.29) is 5.91 Å². The Balaban J connectivity index is 2.03. The molecule has 0 fully saturated rings. The van der Waals surface area contributed by atoms with Crippen LogP contribution in [0.3, 0.4) is 0 Å². The minimum Gasteiger partial charge on any atom is -0.268 e.